The zero-order valence-corrected chi connectivity index (χ0v) is 19.4. The summed E-state index contributed by atoms with van der Waals surface area (Å²) in [7, 11) is 0. The van der Waals surface area contributed by atoms with Crippen molar-refractivity contribution >= 4 is 44.4 Å². The lowest BCUT2D eigenvalue weighted by Gasteiger charge is -2.20. The second kappa shape index (κ2) is 10.1. The van der Waals surface area contributed by atoms with Crippen molar-refractivity contribution in [3.63, 3.8) is 0 Å². The van der Waals surface area contributed by atoms with Crippen LogP contribution in [0.4, 0.5) is 5.13 Å². The molecule has 0 atom stereocenters. The quantitative estimate of drug-likeness (QED) is 0.298. The first-order chi connectivity index (χ1) is 15.1. The number of aryl methyl sites for hydroxylation is 2. The van der Waals surface area contributed by atoms with E-state index in [4.69, 9.17) is 4.98 Å². The molecule has 1 amide bonds. The molecule has 0 unspecified atom stereocenters. The molecule has 0 aliphatic carbocycles. The van der Waals surface area contributed by atoms with E-state index >= 15 is 0 Å². The number of aromatic nitrogens is 2. The molecule has 0 spiro atoms. The van der Waals surface area contributed by atoms with Crippen LogP contribution >= 0.6 is 23.1 Å². The lowest BCUT2D eigenvalue weighted by molar-refractivity contribution is -0.118. The van der Waals surface area contributed by atoms with Gasteiger partial charge in [0, 0.05) is 29.5 Å². The summed E-state index contributed by atoms with van der Waals surface area (Å²) in [6.45, 7) is 4.69. The third kappa shape index (κ3) is 5.32. The van der Waals surface area contributed by atoms with Crippen molar-refractivity contribution in [1.29, 1.82) is 0 Å². The van der Waals surface area contributed by atoms with Crippen LogP contribution in [0, 0.1) is 6.92 Å². The van der Waals surface area contributed by atoms with Crippen molar-refractivity contribution in [2.75, 3.05) is 10.7 Å². The van der Waals surface area contributed by atoms with Crippen molar-refractivity contribution in [2.45, 2.75) is 38.1 Å². The van der Waals surface area contributed by atoms with Gasteiger partial charge in [-0.1, -0.05) is 54.2 Å². The van der Waals surface area contributed by atoms with E-state index in [1.165, 1.54) is 16.0 Å². The first-order valence-electron chi connectivity index (χ1n) is 10.4. The number of pyridine rings is 1. The van der Waals surface area contributed by atoms with Gasteiger partial charge in [0.15, 0.2) is 5.13 Å². The van der Waals surface area contributed by atoms with E-state index in [0.29, 0.717) is 13.0 Å². The molecule has 6 heteroatoms. The summed E-state index contributed by atoms with van der Waals surface area (Å²) in [5, 5.41) is 0.755. The number of hydrogen-bond donors (Lipinski definition) is 0. The van der Waals surface area contributed by atoms with Gasteiger partial charge in [0.25, 0.3) is 0 Å². The Bertz CT molecular complexity index is 1160. The molecular formula is C25H25N3OS2. The summed E-state index contributed by atoms with van der Waals surface area (Å²) in [6, 6.07) is 18.6. The summed E-state index contributed by atoms with van der Waals surface area (Å²) < 4.78 is 1.12. The van der Waals surface area contributed by atoms with Crippen molar-refractivity contribution in [3.8, 4) is 0 Å². The van der Waals surface area contributed by atoms with E-state index in [1.807, 2.05) is 23.2 Å². The van der Waals surface area contributed by atoms with Crippen LogP contribution in [-0.2, 0) is 17.8 Å². The third-order valence-corrected chi connectivity index (χ3v) is 7.13. The third-order valence-electron chi connectivity index (χ3n) is 5.07. The number of carbonyl (C=O) groups is 1. The highest BCUT2D eigenvalue weighted by Crippen LogP contribution is 2.32. The van der Waals surface area contributed by atoms with Gasteiger partial charge in [0.1, 0.15) is 0 Å². The molecule has 2 heterocycles. The normalized spacial score (nSPS) is 11.0. The van der Waals surface area contributed by atoms with Crippen LogP contribution in [0.15, 0.2) is 71.9 Å². The van der Waals surface area contributed by atoms with Crippen LogP contribution in [0.1, 0.15) is 30.0 Å². The molecule has 0 saturated heterocycles. The van der Waals surface area contributed by atoms with Crippen molar-refractivity contribution in [1.82, 2.24) is 9.97 Å². The van der Waals surface area contributed by atoms with Gasteiger partial charge in [-0.15, -0.1) is 11.8 Å². The van der Waals surface area contributed by atoms with E-state index in [0.717, 1.165) is 33.1 Å². The zero-order chi connectivity index (χ0) is 21.6. The highest BCUT2D eigenvalue weighted by Gasteiger charge is 2.21. The Morgan fingerprint density at radius 1 is 1.10 bits per heavy atom. The first kappa shape index (κ1) is 21.5. The fourth-order valence-electron chi connectivity index (χ4n) is 3.36. The minimum atomic E-state index is 0.0839. The second-order valence-electron chi connectivity index (χ2n) is 7.37. The number of anilines is 1. The predicted octanol–water partition coefficient (Wildman–Crippen LogP) is 6.28. The standard InChI is InChI=1S/C25H25N3OS2/c1-3-20-7-4-8-22-24(20)27-25(31-22)28(17-19-6-5-14-26-16-19)23(29)13-15-30-21-11-9-18(2)10-12-21/h4-12,14,16H,3,13,15,17H2,1-2H3. The number of thiazole rings is 1. The van der Waals surface area contributed by atoms with Gasteiger partial charge in [-0.2, -0.15) is 0 Å². The van der Waals surface area contributed by atoms with E-state index < -0.39 is 0 Å². The van der Waals surface area contributed by atoms with Gasteiger partial charge in [0.05, 0.1) is 16.8 Å². The average molecular weight is 448 g/mol. The summed E-state index contributed by atoms with van der Waals surface area (Å²) >= 11 is 3.29. The van der Waals surface area contributed by atoms with Crippen LogP contribution in [0.2, 0.25) is 0 Å². The fourth-order valence-corrected chi connectivity index (χ4v) is 5.23. The Morgan fingerprint density at radius 3 is 2.68 bits per heavy atom. The molecule has 0 aliphatic rings. The molecule has 4 rings (SSSR count). The van der Waals surface area contributed by atoms with Crippen molar-refractivity contribution in [3.05, 3.63) is 83.7 Å². The molecule has 31 heavy (non-hydrogen) atoms. The number of hydrogen-bond acceptors (Lipinski definition) is 5. The van der Waals surface area contributed by atoms with Gasteiger partial charge in [0.2, 0.25) is 5.91 Å². The number of benzene rings is 2. The maximum Gasteiger partial charge on any atom is 0.229 e. The van der Waals surface area contributed by atoms with Crippen molar-refractivity contribution < 1.29 is 4.79 Å². The van der Waals surface area contributed by atoms with Crippen LogP contribution in [0.25, 0.3) is 10.2 Å². The second-order valence-corrected chi connectivity index (χ2v) is 9.54. The topological polar surface area (TPSA) is 46.1 Å². The minimum Gasteiger partial charge on any atom is -0.284 e. The number of nitrogens with zero attached hydrogens (tertiary/aromatic N) is 3. The number of para-hydroxylation sites is 1. The van der Waals surface area contributed by atoms with Gasteiger partial charge in [-0.05, 0) is 48.7 Å². The van der Waals surface area contributed by atoms with E-state index in [9.17, 15) is 4.79 Å². The minimum absolute atomic E-state index is 0.0839. The van der Waals surface area contributed by atoms with Gasteiger partial charge in [-0.3, -0.25) is 14.7 Å². The Kier molecular flexibility index (Phi) is 6.99. The largest absolute Gasteiger partial charge is 0.284 e. The molecule has 0 saturated carbocycles. The molecule has 2 aromatic carbocycles. The van der Waals surface area contributed by atoms with Crippen LogP contribution < -0.4 is 4.90 Å². The first-order valence-corrected chi connectivity index (χ1v) is 12.2. The lowest BCUT2D eigenvalue weighted by Crippen LogP contribution is -2.30. The molecule has 2 aromatic heterocycles. The summed E-state index contributed by atoms with van der Waals surface area (Å²) in [4.78, 5) is 25.4. The molecular weight excluding hydrogens is 422 g/mol. The highest BCUT2D eigenvalue weighted by atomic mass is 32.2. The Hall–Kier alpha value is -2.70. The molecule has 0 N–H and O–H groups in total. The van der Waals surface area contributed by atoms with Crippen molar-refractivity contribution in [2.24, 2.45) is 0 Å². The van der Waals surface area contributed by atoms with Gasteiger partial charge >= 0.3 is 0 Å². The van der Waals surface area contributed by atoms with Crippen LogP contribution in [0.3, 0.4) is 0 Å². The smallest absolute Gasteiger partial charge is 0.229 e. The van der Waals surface area contributed by atoms with E-state index in [1.54, 1.807) is 29.3 Å². The number of thioether (sulfide) groups is 1. The zero-order valence-electron chi connectivity index (χ0n) is 17.7. The maximum absolute atomic E-state index is 13.3. The van der Waals surface area contributed by atoms with Gasteiger partial charge < -0.3 is 0 Å². The van der Waals surface area contributed by atoms with Gasteiger partial charge in [-0.25, -0.2) is 4.98 Å². The monoisotopic (exact) mass is 447 g/mol. The number of carbonyl (C=O) groups excluding carboxylic acids is 1. The molecule has 4 aromatic rings. The number of fused-ring (bicyclic) bond motifs is 1. The molecule has 0 radical (unpaired) electrons. The van der Waals surface area contributed by atoms with Crippen LogP contribution in [0.5, 0.6) is 0 Å². The molecule has 158 valence electrons. The summed E-state index contributed by atoms with van der Waals surface area (Å²) in [5.74, 6) is 0.817. The van der Waals surface area contributed by atoms with E-state index in [-0.39, 0.29) is 5.91 Å². The molecule has 0 fully saturated rings. The Balaban J connectivity index is 1.55. The number of rotatable bonds is 8. The Morgan fingerprint density at radius 2 is 1.94 bits per heavy atom. The summed E-state index contributed by atoms with van der Waals surface area (Å²) in [5.41, 5.74) is 4.45. The number of amides is 1. The average Bonchev–Trinajstić information content (AvgIpc) is 3.23. The molecule has 0 bridgehead atoms. The fraction of sp³-hybridized carbons (Fsp3) is 0.240. The maximum atomic E-state index is 13.3. The SMILES string of the molecule is CCc1cccc2sc(N(Cc3cccnc3)C(=O)CCSc3ccc(C)cc3)nc12. The molecule has 0 aliphatic heterocycles. The molecule has 4 nitrogen and oxygen atoms in total. The van der Waals surface area contributed by atoms with E-state index in [2.05, 4.69) is 61.3 Å². The summed E-state index contributed by atoms with van der Waals surface area (Å²) in [6.07, 6.45) is 4.94. The lowest BCUT2D eigenvalue weighted by atomic mass is 10.1. The highest BCUT2D eigenvalue weighted by molar-refractivity contribution is 7.99. The Labute approximate surface area is 191 Å². The predicted molar refractivity (Wildman–Crippen MR) is 131 cm³/mol. The van der Waals surface area contributed by atoms with Crippen LogP contribution in [-0.4, -0.2) is 21.6 Å².